The third-order valence-electron chi connectivity index (χ3n) is 5.22. The highest BCUT2D eigenvalue weighted by Crippen LogP contribution is 2.25. The monoisotopic (exact) mass is 430 g/mol. The summed E-state index contributed by atoms with van der Waals surface area (Å²) in [5.74, 6) is 0.906. The zero-order chi connectivity index (χ0) is 21.4. The van der Waals surface area contributed by atoms with E-state index >= 15 is 0 Å². The van der Waals surface area contributed by atoms with Crippen LogP contribution in [-0.4, -0.2) is 19.2 Å². The number of nitrogens with zero attached hydrogens (tertiary/aromatic N) is 4. The normalized spacial score (nSPS) is 11.4. The van der Waals surface area contributed by atoms with Gasteiger partial charge in [-0.1, -0.05) is 65.9 Å². The van der Waals surface area contributed by atoms with E-state index in [4.69, 9.17) is 0 Å². The molecule has 0 fully saturated rings. The number of thioether (sulfide) groups is 1. The number of rotatable bonds is 5. The Balaban J connectivity index is 1.61. The molecule has 0 spiro atoms. The lowest BCUT2D eigenvalue weighted by Crippen LogP contribution is -2.24. The Kier molecular flexibility index (Phi) is 5.03. The quantitative estimate of drug-likeness (QED) is 0.375. The molecule has 31 heavy (non-hydrogen) atoms. The molecule has 0 bridgehead atoms. The number of aromatic nitrogens is 4. The third-order valence-corrected chi connectivity index (χ3v) is 6.22. The second-order valence-electron chi connectivity index (χ2n) is 7.43. The molecule has 0 atom stereocenters. The summed E-state index contributed by atoms with van der Waals surface area (Å²) in [5, 5.41) is 10.1. The van der Waals surface area contributed by atoms with Crippen molar-refractivity contribution in [1.29, 1.82) is 0 Å². The van der Waals surface area contributed by atoms with Crippen LogP contribution in [0.5, 0.6) is 0 Å². The Labute approximate surface area is 182 Å². The van der Waals surface area contributed by atoms with Crippen LogP contribution in [0.4, 0.5) is 4.39 Å². The van der Waals surface area contributed by atoms with Crippen molar-refractivity contribution in [2.24, 2.45) is 0 Å². The molecule has 5 aromatic rings. The number of para-hydroxylation sites is 1. The molecule has 0 N–H and O–H groups in total. The van der Waals surface area contributed by atoms with Crippen LogP contribution in [0.25, 0.3) is 16.7 Å². The molecule has 0 saturated carbocycles. The van der Waals surface area contributed by atoms with Crippen molar-refractivity contribution in [1.82, 2.24) is 19.2 Å². The fraction of sp³-hybridized carbons (Fsp3) is 0.125. The van der Waals surface area contributed by atoms with Gasteiger partial charge in [0.05, 0.1) is 17.4 Å². The average Bonchev–Trinajstić information content (AvgIpc) is 3.21. The molecule has 0 amide bonds. The minimum absolute atomic E-state index is 0.144. The maximum Gasteiger partial charge on any atom is 0.263 e. The van der Waals surface area contributed by atoms with Crippen molar-refractivity contribution in [2.75, 3.05) is 0 Å². The highest BCUT2D eigenvalue weighted by Gasteiger charge is 2.17. The van der Waals surface area contributed by atoms with Crippen LogP contribution in [0.3, 0.4) is 0 Å². The summed E-state index contributed by atoms with van der Waals surface area (Å²) in [6, 6.07) is 22.0. The number of fused-ring (bicyclic) bond motifs is 3. The predicted octanol–water partition coefficient (Wildman–Crippen LogP) is 4.83. The van der Waals surface area contributed by atoms with Crippen LogP contribution in [0.1, 0.15) is 16.7 Å². The molecule has 0 unspecified atom stereocenters. The molecule has 2 aromatic heterocycles. The van der Waals surface area contributed by atoms with E-state index in [1.165, 1.54) is 23.3 Å². The molecule has 0 radical (unpaired) electrons. The van der Waals surface area contributed by atoms with E-state index < -0.39 is 0 Å². The second kappa shape index (κ2) is 8.00. The van der Waals surface area contributed by atoms with Crippen LogP contribution in [0, 0.1) is 12.7 Å². The van der Waals surface area contributed by atoms with Gasteiger partial charge in [0.1, 0.15) is 5.82 Å². The predicted molar refractivity (Wildman–Crippen MR) is 121 cm³/mol. The molecule has 2 heterocycles. The Hall–Kier alpha value is -3.45. The Morgan fingerprint density at radius 1 is 0.903 bits per heavy atom. The number of halogens is 1. The molecule has 154 valence electrons. The average molecular weight is 431 g/mol. The van der Waals surface area contributed by atoms with Gasteiger partial charge in [-0.25, -0.2) is 4.39 Å². The van der Waals surface area contributed by atoms with Crippen LogP contribution in [0.2, 0.25) is 0 Å². The third kappa shape index (κ3) is 3.72. The lowest BCUT2D eigenvalue weighted by Gasteiger charge is -2.11. The van der Waals surface area contributed by atoms with Gasteiger partial charge in [0.25, 0.3) is 5.56 Å². The van der Waals surface area contributed by atoms with Crippen molar-refractivity contribution < 1.29 is 4.39 Å². The molecule has 0 aliphatic carbocycles. The van der Waals surface area contributed by atoms with E-state index in [1.807, 2.05) is 28.7 Å². The maximum atomic E-state index is 13.3. The largest absolute Gasteiger partial charge is 0.272 e. The van der Waals surface area contributed by atoms with Gasteiger partial charge < -0.3 is 0 Å². The van der Waals surface area contributed by atoms with Crippen LogP contribution in [0.15, 0.2) is 82.7 Å². The number of benzene rings is 3. The highest BCUT2D eigenvalue weighted by atomic mass is 32.2. The first kappa shape index (κ1) is 19.5. The van der Waals surface area contributed by atoms with Crippen molar-refractivity contribution in [3.05, 3.63) is 106 Å². The lowest BCUT2D eigenvalue weighted by atomic mass is 10.2. The molecule has 0 aliphatic heterocycles. The lowest BCUT2D eigenvalue weighted by molar-refractivity contribution is 0.626. The first-order valence-corrected chi connectivity index (χ1v) is 10.9. The van der Waals surface area contributed by atoms with Crippen molar-refractivity contribution in [3.8, 4) is 0 Å². The van der Waals surface area contributed by atoms with Crippen LogP contribution in [-0.2, 0) is 12.3 Å². The molecule has 0 aliphatic rings. The summed E-state index contributed by atoms with van der Waals surface area (Å²) in [6.07, 6.45) is 0. The smallest absolute Gasteiger partial charge is 0.263 e. The first-order valence-electron chi connectivity index (χ1n) is 9.89. The molecule has 5 rings (SSSR count). The fourth-order valence-corrected chi connectivity index (χ4v) is 4.47. The topological polar surface area (TPSA) is 52.2 Å². The summed E-state index contributed by atoms with van der Waals surface area (Å²) in [6.45, 7) is 2.35. The zero-order valence-electron chi connectivity index (χ0n) is 16.8. The van der Waals surface area contributed by atoms with Gasteiger partial charge in [0.15, 0.2) is 5.16 Å². The Morgan fingerprint density at radius 2 is 1.61 bits per heavy atom. The molecular weight excluding hydrogens is 411 g/mol. The minimum atomic E-state index is -0.308. The van der Waals surface area contributed by atoms with Crippen LogP contribution < -0.4 is 5.56 Å². The number of hydrogen-bond acceptors (Lipinski definition) is 4. The SMILES string of the molecule is Cc1ccc(CSc2nnc3n(Cc4ccc(F)cc4)c(=O)c4ccccc4n23)cc1. The minimum Gasteiger partial charge on any atom is -0.272 e. The van der Waals surface area contributed by atoms with Crippen molar-refractivity contribution in [2.45, 2.75) is 24.4 Å². The number of hydrogen-bond donors (Lipinski definition) is 0. The van der Waals surface area contributed by atoms with Gasteiger partial charge in [-0.2, -0.15) is 0 Å². The van der Waals surface area contributed by atoms with Crippen molar-refractivity contribution >= 4 is 28.4 Å². The van der Waals surface area contributed by atoms with E-state index in [1.54, 1.807) is 28.5 Å². The maximum absolute atomic E-state index is 13.3. The van der Waals surface area contributed by atoms with Gasteiger partial charge in [-0.15, -0.1) is 10.2 Å². The molecular formula is C24H19FN4OS. The summed E-state index contributed by atoms with van der Waals surface area (Å²) >= 11 is 1.58. The fourth-order valence-electron chi connectivity index (χ4n) is 3.57. The zero-order valence-corrected chi connectivity index (χ0v) is 17.6. The van der Waals surface area contributed by atoms with Gasteiger partial charge in [-0.05, 0) is 42.3 Å². The summed E-state index contributed by atoms with van der Waals surface area (Å²) in [7, 11) is 0. The second-order valence-corrected chi connectivity index (χ2v) is 8.37. The Bertz CT molecular complexity index is 1440. The molecule has 0 saturated heterocycles. The summed E-state index contributed by atoms with van der Waals surface area (Å²) in [5.41, 5.74) is 3.86. The van der Waals surface area contributed by atoms with Gasteiger partial charge >= 0.3 is 0 Å². The summed E-state index contributed by atoms with van der Waals surface area (Å²) < 4.78 is 16.8. The molecule has 5 nitrogen and oxygen atoms in total. The van der Waals surface area contributed by atoms with E-state index in [-0.39, 0.29) is 17.9 Å². The standard InChI is InChI=1S/C24H19FN4OS/c1-16-6-8-18(9-7-16)15-31-24-27-26-23-28(14-17-10-12-19(25)13-11-17)22(30)20-4-2-3-5-21(20)29(23)24/h2-13H,14-15H2,1H3. The van der Waals surface area contributed by atoms with E-state index in [0.29, 0.717) is 11.2 Å². The van der Waals surface area contributed by atoms with Crippen LogP contribution >= 0.6 is 11.8 Å². The van der Waals surface area contributed by atoms with Gasteiger partial charge in [-0.3, -0.25) is 13.8 Å². The van der Waals surface area contributed by atoms with E-state index in [9.17, 15) is 9.18 Å². The van der Waals surface area contributed by atoms with E-state index in [0.717, 1.165) is 22.0 Å². The highest BCUT2D eigenvalue weighted by molar-refractivity contribution is 7.98. The van der Waals surface area contributed by atoms with Gasteiger partial charge in [0, 0.05) is 5.75 Å². The first-order chi connectivity index (χ1) is 15.1. The molecule has 7 heteroatoms. The van der Waals surface area contributed by atoms with E-state index in [2.05, 4.69) is 41.4 Å². The Morgan fingerprint density at radius 3 is 2.39 bits per heavy atom. The molecule has 3 aromatic carbocycles. The van der Waals surface area contributed by atoms with Crippen molar-refractivity contribution in [3.63, 3.8) is 0 Å². The number of aryl methyl sites for hydroxylation is 1. The van der Waals surface area contributed by atoms with Gasteiger partial charge in [0.2, 0.25) is 5.78 Å². The summed E-state index contributed by atoms with van der Waals surface area (Å²) in [4.78, 5) is 13.2.